The van der Waals surface area contributed by atoms with Gasteiger partial charge < -0.3 is 14.5 Å². The maximum absolute atomic E-state index is 12.9. The summed E-state index contributed by atoms with van der Waals surface area (Å²) in [5, 5.41) is 12.7. The first kappa shape index (κ1) is 14.2. The number of carbonyl (C=O) groups excluding carboxylic acids is 1. The molecule has 0 aliphatic carbocycles. The summed E-state index contributed by atoms with van der Waals surface area (Å²) < 4.78 is 17.9. The van der Waals surface area contributed by atoms with Crippen LogP contribution >= 0.6 is 0 Å². The Labute approximate surface area is 124 Å². The number of carboxylic acids is 1. The van der Waals surface area contributed by atoms with Crippen molar-refractivity contribution in [2.75, 3.05) is 6.54 Å². The maximum atomic E-state index is 12.9. The molecule has 114 valence electrons. The highest BCUT2D eigenvalue weighted by molar-refractivity contribution is 5.85. The number of aliphatic carboxylic acids is 1. The first-order valence-corrected chi connectivity index (χ1v) is 6.62. The molecule has 1 aromatic carbocycles. The lowest BCUT2D eigenvalue weighted by Crippen LogP contribution is -2.25. The summed E-state index contributed by atoms with van der Waals surface area (Å²) in [7, 11) is 0. The fourth-order valence-corrected chi connectivity index (χ4v) is 2.29. The van der Waals surface area contributed by atoms with Crippen molar-refractivity contribution in [3.63, 3.8) is 0 Å². The summed E-state index contributed by atoms with van der Waals surface area (Å²) in [6, 6.07) is 5.61. The number of hydrogen-bond acceptors (Lipinski definition) is 5. The molecule has 1 atom stereocenters. The zero-order chi connectivity index (χ0) is 15.7. The van der Waals surface area contributed by atoms with Crippen LogP contribution in [0.1, 0.15) is 12.3 Å². The minimum absolute atomic E-state index is 0.0196. The van der Waals surface area contributed by atoms with E-state index in [4.69, 9.17) is 9.63 Å². The van der Waals surface area contributed by atoms with Crippen LogP contribution in [-0.2, 0) is 16.1 Å². The number of carboxylic acid groups (broad SMARTS) is 1. The second-order valence-corrected chi connectivity index (χ2v) is 5.03. The molecule has 22 heavy (non-hydrogen) atoms. The Morgan fingerprint density at radius 1 is 1.41 bits per heavy atom. The molecule has 1 aliphatic heterocycles. The van der Waals surface area contributed by atoms with E-state index in [1.807, 2.05) is 0 Å². The third kappa shape index (κ3) is 2.80. The zero-order valence-electron chi connectivity index (χ0n) is 11.4. The summed E-state index contributed by atoms with van der Waals surface area (Å²) in [5.41, 5.74) is 0.590. The molecule has 0 spiro atoms. The van der Waals surface area contributed by atoms with E-state index in [0.717, 1.165) is 0 Å². The van der Waals surface area contributed by atoms with Crippen molar-refractivity contribution in [3.8, 4) is 11.4 Å². The van der Waals surface area contributed by atoms with Crippen molar-refractivity contribution in [2.24, 2.45) is 5.92 Å². The molecule has 1 amide bonds. The van der Waals surface area contributed by atoms with Crippen LogP contribution in [0.4, 0.5) is 4.39 Å². The number of carbonyl (C=O) groups is 2. The second kappa shape index (κ2) is 5.55. The van der Waals surface area contributed by atoms with E-state index in [0.29, 0.717) is 5.56 Å². The molecule has 8 heteroatoms. The number of aromatic nitrogens is 2. The number of halogens is 1. The Morgan fingerprint density at radius 3 is 2.77 bits per heavy atom. The van der Waals surface area contributed by atoms with Gasteiger partial charge in [-0.3, -0.25) is 9.59 Å². The summed E-state index contributed by atoms with van der Waals surface area (Å²) in [5.74, 6) is -1.82. The smallest absolute Gasteiger partial charge is 0.308 e. The Hall–Kier alpha value is -2.77. The van der Waals surface area contributed by atoms with Crippen LogP contribution in [0, 0.1) is 11.7 Å². The molecule has 3 rings (SSSR count). The van der Waals surface area contributed by atoms with E-state index in [1.165, 1.54) is 29.2 Å². The van der Waals surface area contributed by atoms with Gasteiger partial charge in [-0.25, -0.2) is 4.39 Å². The first-order chi connectivity index (χ1) is 10.5. The Morgan fingerprint density at radius 2 is 2.14 bits per heavy atom. The lowest BCUT2D eigenvalue weighted by molar-refractivity contribution is -0.141. The maximum Gasteiger partial charge on any atom is 0.308 e. The topological polar surface area (TPSA) is 96.5 Å². The fraction of sp³-hybridized carbons (Fsp3) is 0.286. The molecule has 2 aromatic rings. The molecule has 0 saturated carbocycles. The highest BCUT2D eigenvalue weighted by atomic mass is 19.1. The summed E-state index contributed by atoms with van der Waals surface area (Å²) in [6.45, 7) is 0.194. The molecule has 1 saturated heterocycles. The number of nitrogens with zero attached hydrogens (tertiary/aromatic N) is 3. The van der Waals surface area contributed by atoms with Crippen LogP contribution in [0.15, 0.2) is 28.8 Å². The van der Waals surface area contributed by atoms with Gasteiger partial charge in [0, 0.05) is 18.5 Å². The van der Waals surface area contributed by atoms with E-state index >= 15 is 0 Å². The second-order valence-electron chi connectivity index (χ2n) is 5.03. The molecule has 1 aliphatic rings. The molecule has 7 nitrogen and oxygen atoms in total. The molecule has 1 fully saturated rings. The van der Waals surface area contributed by atoms with Gasteiger partial charge in [0.2, 0.25) is 17.6 Å². The van der Waals surface area contributed by atoms with Gasteiger partial charge in [0.25, 0.3) is 0 Å². The van der Waals surface area contributed by atoms with Crippen LogP contribution in [0.3, 0.4) is 0 Å². The molecule has 0 radical (unpaired) electrons. The van der Waals surface area contributed by atoms with Gasteiger partial charge in [-0.2, -0.15) is 4.98 Å². The van der Waals surface area contributed by atoms with Crippen molar-refractivity contribution >= 4 is 11.9 Å². The van der Waals surface area contributed by atoms with E-state index in [1.54, 1.807) is 0 Å². The molecule has 2 heterocycles. The predicted molar refractivity (Wildman–Crippen MR) is 70.9 cm³/mol. The van der Waals surface area contributed by atoms with Crippen molar-refractivity contribution in [1.29, 1.82) is 0 Å². The molecule has 1 unspecified atom stereocenters. The summed E-state index contributed by atoms with van der Waals surface area (Å²) in [4.78, 5) is 28.2. The third-order valence-corrected chi connectivity index (χ3v) is 3.46. The Bertz CT molecular complexity index is 713. The molecular weight excluding hydrogens is 293 g/mol. The quantitative estimate of drug-likeness (QED) is 0.914. The average Bonchev–Trinajstić information content (AvgIpc) is 3.08. The van der Waals surface area contributed by atoms with Gasteiger partial charge >= 0.3 is 5.97 Å². The molecule has 1 aromatic heterocycles. The van der Waals surface area contributed by atoms with Crippen molar-refractivity contribution < 1.29 is 23.6 Å². The predicted octanol–water partition coefficient (Wildman–Crippen LogP) is 1.31. The highest BCUT2D eigenvalue weighted by Gasteiger charge is 2.35. The van der Waals surface area contributed by atoms with Gasteiger partial charge in [0.15, 0.2) is 0 Å². The van der Waals surface area contributed by atoms with Crippen molar-refractivity contribution in [2.45, 2.75) is 13.0 Å². The van der Waals surface area contributed by atoms with Gasteiger partial charge in [-0.05, 0) is 24.3 Å². The van der Waals surface area contributed by atoms with Gasteiger partial charge in [-0.1, -0.05) is 5.16 Å². The van der Waals surface area contributed by atoms with Crippen molar-refractivity contribution in [3.05, 3.63) is 36.0 Å². The zero-order valence-corrected chi connectivity index (χ0v) is 11.4. The number of hydrogen-bond donors (Lipinski definition) is 1. The number of amides is 1. The van der Waals surface area contributed by atoms with Gasteiger partial charge in [-0.15, -0.1) is 0 Å². The fourth-order valence-electron chi connectivity index (χ4n) is 2.29. The van der Waals surface area contributed by atoms with Gasteiger partial charge in [0.1, 0.15) is 12.4 Å². The van der Waals surface area contributed by atoms with E-state index in [2.05, 4.69) is 10.1 Å². The monoisotopic (exact) mass is 305 g/mol. The number of rotatable bonds is 4. The van der Waals surface area contributed by atoms with E-state index in [-0.39, 0.29) is 42.9 Å². The Kier molecular flexibility index (Phi) is 3.58. The largest absolute Gasteiger partial charge is 0.481 e. The minimum Gasteiger partial charge on any atom is -0.481 e. The SMILES string of the molecule is O=C(O)C1CC(=O)N(Cc2nc(-c3ccc(F)cc3)no2)C1. The van der Waals surface area contributed by atoms with Crippen LogP contribution in [0.25, 0.3) is 11.4 Å². The van der Waals surface area contributed by atoms with Crippen LogP contribution < -0.4 is 0 Å². The standard InChI is InChI=1S/C14H12FN3O4/c15-10-3-1-8(2-4-10)13-16-11(22-17-13)7-18-6-9(14(20)21)5-12(18)19/h1-4,9H,5-7H2,(H,20,21). The van der Waals surface area contributed by atoms with Gasteiger partial charge in [0.05, 0.1) is 5.92 Å². The average molecular weight is 305 g/mol. The number of likely N-dealkylation sites (tertiary alicyclic amines) is 1. The molecular formula is C14H12FN3O4. The summed E-state index contributed by atoms with van der Waals surface area (Å²) in [6.07, 6.45) is -0.0196. The lowest BCUT2D eigenvalue weighted by Gasteiger charge is -2.12. The lowest BCUT2D eigenvalue weighted by atomic mass is 10.1. The van der Waals surface area contributed by atoms with Crippen LogP contribution in [0.2, 0.25) is 0 Å². The van der Waals surface area contributed by atoms with Crippen LogP contribution in [0.5, 0.6) is 0 Å². The Balaban J connectivity index is 1.71. The first-order valence-electron chi connectivity index (χ1n) is 6.62. The van der Waals surface area contributed by atoms with Crippen LogP contribution in [-0.4, -0.2) is 38.6 Å². The molecule has 1 N–H and O–H groups in total. The minimum atomic E-state index is -0.992. The summed E-state index contributed by atoms with van der Waals surface area (Å²) >= 11 is 0. The normalized spacial score (nSPS) is 18.0. The third-order valence-electron chi connectivity index (χ3n) is 3.46. The van der Waals surface area contributed by atoms with E-state index in [9.17, 15) is 14.0 Å². The highest BCUT2D eigenvalue weighted by Crippen LogP contribution is 2.21. The van der Waals surface area contributed by atoms with E-state index < -0.39 is 11.9 Å². The van der Waals surface area contributed by atoms with Crippen molar-refractivity contribution in [1.82, 2.24) is 15.0 Å². The molecule has 0 bridgehead atoms. The number of benzene rings is 1.